The number of hydrogen-bond acceptors (Lipinski definition) is 3. The summed E-state index contributed by atoms with van der Waals surface area (Å²) in [4.78, 5) is 23.6. The van der Waals surface area contributed by atoms with Crippen molar-refractivity contribution in [2.45, 2.75) is 0 Å². The lowest BCUT2D eigenvalue weighted by atomic mass is 10.1. The first-order valence-corrected chi connectivity index (χ1v) is 7.51. The third-order valence-corrected chi connectivity index (χ3v) is 3.46. The standard InChI is InChI=1S/C16H12BrClN2O2/c17-13-3-1-2-12(10-13)16(22)20-19-9-8-15(21)11-4-6-14(18)7-5-11/h1-10,19H,(H,20,22)/b9-8+. The lowest BCUT2D eigenvalue weighted by molar-refractivity contribution is 0.0939. The molecule has 0 fully saturated rings. The molecule has 2 N–H and O–H groups in total. The number of rotatable bonds is 5. The van der Waals surface area contributed by atoms with Crippen LogP contribution in [0.5, 0.6) is 0 Å². The van der Waals surface area contributed by atoms with Gasteiger partial charge in [-0.25, -0.2) is 0 Å². The molecule has 0 heterocycles. The highest BCUT2D eigenvalue weighted by atomic mass is 79.9. The van der Waals surface area contributed by atoms with Crippen LogP contribution < -0.4 is 10.9 Å². The monoisotopic (exact) mass is 378 g/mol. The van der Waals surface area contributed by atoms with Gasteiger partial charge in [0.1, 0.15) is 0 Å². The van der Waals surface area contributed by atoms with E-state index in [2.05, 4.69) is 26.8 Å². The molecule has 4 nitrogen and oxygen atoms in total. The lowest BCUT2D eigenvalue weighted by Crippen LogP contribution is -2.33. The van der Waals surface area contributed by atoms with Gasteiger partial charge in [-0.05, 0) is 42.5 Å². The zero-order valence-corrected chi connectivity index (χ0v) is 13.7. The molecule has 0 spiro atoms. The predicted octanol–water partition coefficient (Wildman–Crippen LogP) is 3.73. The number of carbonyl (C=O) groups excluding carboxylic acids is 2. The van der Waals surface area contributed by atoms with Gasteiger partial charge >= 0.3 is 0 Å². The van der Waals surface area contributed by atoms with Gasteiger partial charge in [0.25, 0.3) is 5.91 Å². The topological polar surface area (TPSA) is 58.2 Å². The molecule has 2 rings (SSSR count). The minimum atomic E-state index is -0.301. The molecular weight excluding hydrogens is 368 g/mol. The maximum atomic E-state index is 11.8. The molecule has 0 aliphatic heterocycles. The Bertz CT molecular complexity index is 714. The van der Waals surface area contributed by atoms with E-state index in [9.17, 15) is 9.59 Å². The average Bonchev–Trinajstić information content (AvgIpc) is 2.51. The Morgan fingerprint density at radius 1 is 1.05 bits per heavy atom. The Morgan fingerprint density at radius 3 is 2.45 bits per heavy atom. The molecule has 112 valence electrons. The van der Waals surface area contributed by atoms with Crippen molar-refractivity contribution >= 4 is 39.2 Å². The summed E-state index contributed by atoms with van der Waals surface area (Å²) >= 11 is 9.05. The number of halogens is 2. The molecule has 0 radical (unpaired) electrons. The van der Waals surface area contributed by atoms with Gasteiger partial charge in [-0.3, -0.25) is 15.0 Å². The van der Waals surface area contributed by atoms with Crippen molar-refractivity contribution in [1.29, 1.82) is 0 Å². The maximum absolute atomic E-state index is 11.8. The molecule has 0 bridgehead atoms. The summed E-state index contributed by atoms with van der Waals surface area (Å²) in [7, 11) is 0. The molecule has 0 unspecified atom stereocenters. The third kappa shape index (κ3) is 4.72. The molecular formula is C16H12BrClN2O2. The largest absolute Gasteiger partial charge is 0.305 e. The van der Waals surface area contributed by atoms with Crippen LogP contribution in [0.3, 0.4) is 0 Å². The van der Waals surface area contributed by atoms with Crippen LogP contribution in [0.1, 0.15) is 20.7 Å². The van der Waals surface area contributed by atoms with Crippen LogP contribution in [0, 0.1) is 0 Å². The Labute approximate surface area is 141 Å². The maximum Gasteiger partial charge on any atom is 0.269 e. The smallest absolute Gasteiger partial charge is 0.269 e. The van der Waals surface area contributed by atoms with Gasteiger partial charge in [0.05, 0.1) is 0 Å². The SMILES string of the molecule is O=C(/C=C/NNC(=O)c1cccc(Br)c1)c1ccc(Cl)cc1. The van der Waals surface area contributed by atoms with Crippen LogP contribution in [0.25, 0.3) is 0 Å². The summed E-state index contributed by atoms with van der Waals surface area (Å²) in [5.41, 5.74) is 6.06. The van der Waals surface area contributed by atoms with Crippen LogP contribution in [-0.4, -0.2) is 11.7 Å². The quantitative estimate of drug-likeness (QED) is 0.473. The molecule has 2 aromatic carbocycles. The van der Waals surface area contributed by atoms with Crippen LogP contribution in [-0.2, 0) is 0 Å². The molecule has 22 heavy (non-hydrogen) atoms. The van der Waals surface area contributed by atoms with E-state index in [0.29, 0.717) is 16.1 Å². The minimum Gasteiger partial charge on any atom is -0.305 e. The number of hydrazine groups is 1. The average molecular weight is 380 g/mol. The summed E-state index contributed by atoms with van der Waals surface area (Å²) < 4.78 is 0.814. The van der Waals surface area contributed by atoms with Crippen molar-refractivity contribution in [1.82, 2.24) is 10.9 Å². The number of benzene rings is 2. The summed E-state index contributed by atoms with van der Waals surface area (Å²) in [5.74, 6) is -0.495. The van der Waals surface area contributed by atoms with Crippen molar-refractivity contribution in [3.8, 4) is 0 Å². The van der Waals surface area contributed by atoms with Gasteiger partial charge in [-0.2, -0.15) is 0 Å². The van der Waals surface area contributed by atoms with Gasteiger partial charge in [0.2, 0.25) is 0 Å². The highest BCUT2D eigenvalue weighted by Gasteiger charge is 2.04. The zero-order chi connectivity index (χ0) is 15.9. The van der Waals surface area contributed by atoms with Crippen molar-refractivity contribution in [2.75, 3.05) is 0 Å². The summed E-state index contributed by atoms with van der Waals surface area (Å²) in [5, 5.41) is 0.569. The van der Waals surface area contributed by atoms with Crippen molar-refractivity contribution < 1.29 is 9.59 Å². The second kappa shape index (κ2) is 7.77. The third-order valence-electron chi connectivity index (χ3n) is 2.72. The van der Waals surface area contributed by atoms with Gasteiger partial charge in [-0.1, -0.05) is 33.6 Å². The van der Waals surface area contributed by atoms with Gasteiger partial charge in [0.15, 0.2) is 5.78 Å². The molecule has 6 heteroatoms. The van der Waals surface area contributed by atoms with Crippen LogP contribution in [0.15, 0.2) is 65.3 Å². The fraction of sp³-hybridized carbons (Fsp3) is 0. The molecule has 0 aliphatic rings. The van der Waals surface area contributed by atoms with E-state index in [-0.39, 0.29) is 11.7 Å². The summed E-state index contributed by atoms with van der Waals surface area (Å²) in [6.07, 6.45) is 2.69. The van der Waals surface area contributed by atoms with E-state index in [1.54, 1.807) is 42.5 Å². The number of ketones is 1. The zero-order valence-electron chi connectivity index (χ0n) is 11.3. The van der Waals surface area contributed by atoms with E-state index in [1.165, 1.54) is 12.3 Å². The molecule has 0 aromatic heterocycles. The fourth-order valence-corrected chi connectivity index (χ4v) is 2.16. The molecule has 1 amide bonds. The molecule has 0 aliphatic carbocycles. The lowest BCUT2D eigenvalue weighted by Gasteiger charge is -2.04. The van der Waals surface area contributed by atoms with E-state index in [1.807, 2.05) is 6.07 Å². The van der Waals surface area contributed by atoms with Crippen molar-refractivity contribution in [3.63, 3.8) is 0 Å². The first-order valence-electron chi connectivity index (χ1n) is 6.34. The first-order chi connectivity index (χ1) is 10.6. The Kier molecular flexibility index (Phi) is 5.75. The number of hydrogen-bond donors (Lipinski definition) is 2. The van der Waals surface area contributed by atoms with E-state index in [4.69, 9.17) is 11.6 Å². The van der Waals surface area contributed by atoms with Gasteiger partial charge < -0.3 is 5.43 Å². The minimum absolute atomic E-state index is 0.194. The van der Waals surface area contributed by atoms with E-state index in [0.717, 1.165) is 4.47 Å². The highest BCUT2D eigenvalue weighted by Crippen LogP contribution is 2.11. The van der Waals surface area contributed by atoms with Crippen LogP contribution in [0.2, 0.25) is 5.02 Å². The number of nitrogens with one attached hydrogen (secondary N) is 2. The normalized spacial score (nSPS) is 10.5. The van der Waals surface area contributed by atoms with E-state index < -0.39 is 0 Å². The van der Waals surface area contributed by atoms with E-state index >= 15 is 0 Å². The Morgan fingerprint density at radius 2 is 1.77 bits per heavy atom. The molecule has 0 saturated heterocycles. The second-order valence-electron chi connectivity index (χ2n) is 4.31. The predicted molar refractivity (Wildman–Crippen MR) is 89.7 cm³/mol. The molecule has 0 saturated carbocycles. The molecule has 2 aromatic rings. The highest BCUT2D eigenvalue weighted by molar-refractivity contribution is 9.10. The summed E-state index contributed by atoms with van der Waals surface area (Å²) in [6.45, 7) is 0. The number of allylic oxidation sites excluding steroid dienone is 1. The first kappa shape index (κ1) is 16.3. The molecule has 0 atom stereocenters. The fourth-order valence-electron chi connectivity index (χ4n) is 1.64. The Balaban J connectivity index is 1.86. The van der Waals surface area contributed by atoms with Crippen molar-refractivity contribution in [3.05, 3.63) is 81.4 Å². The van der Waals surface area contributed by atoms with Gasteiger partial charge in [0, 0.05) is 32.9 Å². The summed E-state index contributed by atoms with van der Waals surface area (Å²) in [6, 6.07) is 13.5. The Hall–Kier alpha value is -2.11. The van der Waals surface area contributed by atoms with Crippen LogP contribution >= 0.6 is 27.5 Å². The van der Waals surface area contributed by atoms with Gasteiger partial charge in [-0.15, -0.1) is 0 Å². The van der Waals surface area contributed by atoms with Crippen LogP contribution in [0.4, 0.5) is 0 Å². The number of amides is 1. The number of carbonyl (C=O) groups is 2. The second-order valence-corrected chi connectivity index (χ2v) is 5.67. The van der Waals surface area contributed by atoms with Crippen molar-refractivity contribution in [2.24, 2.45) is 0 Å².